The molecule has 0 aromatic heterocycles. The maximum absolute atomic E-state index is 6.90. The van der Waals surface area contributed by atoms with Crippen LogP contribution in [0.5, 0.6) is 0 Å². The molecule has 0 bridgehead atoms. The Bertz CT molecular complexity index is 1150. The number of halogens is 2. The van der Waals surface area contributed by atoms with Gasteiger partial charge in [0.2, 0.25) is 0 Å². The first-order chi connectivity index (χ1) is 13.3. The molecule has 5 rings (SSSR count). The van der Waals surface area contributed by atoms with Crippen molar-refractivity contribution in [1.29, 1.82) is 0 Å². The van der Waals surface area contributed by atoms with Crippen LogP contribution >= 0.6 is 23.2 Å². The first-order valence-corrected chi connectivity index (χ1v) is 9.74. The summed E-state index contributed by atoms with van der Waals surface area (Å²) in [6, 6.07) is 29.2. The largest absolute Gasteiger partial charge is 0.0820 e. The fraction of sp³-hybridized carbons (Fsp3) is 0.0400. The highest BCUT2D eigenvalue weighted by molar-refractivity contribution is 6.46. The quantitative estimate of drug-likeness (QED) is 0.289. The van der Waals surface area contributed by atoms with Crippen molar-refractivity contribution in [2.24, 2.45) is 0 Å². The summed E-state index contributed by atoms with van der Waals surface area (Å²) in [6.45, 7) is 0. The van der Waals surface area contributed by atoms with Crippen LogP contribution in [0.2, 0.25) is 10.0 Å². The van der Waals surface area contributed by atoms with Gasteiger partial charge in [0.25, 0.3) is 0 Å². The molecular weight excluding hydrogens is 371 g/mol. The van der Waals surface area contributed by atoms with E-state index < -0.39 is 0 Å². The van der Waals surface area contributed by atoms with Gasteiger partial charge in [-0.25, -0.2) is 0 Å². The lowest BCUT2D eigenvalue weighted by Gasteiger charge is -2.19. The van der Waals surface area contributed by atoms with Gasteiger partial charge in [-0.2, -0.15) is 0 Å². The summed E-state index contributed by atoms with van der Waals surface area (Å²) in [5, 5.41) is 1.27. The van der Waals surface area contributed by atoms with E-state index in [0.29, 0.717) is 10.0 Å². The molecule has 0 spiro atoms. The van der Waals surface area contributed by atoms with Gasteiger partial charge in [-0.05, 0) is 39.8 Å². The normalized spacial score (nSPS) is 11.9. The van der Waals surface area contributed by atoms with Crippen molar-refractivity contribution in [2.75, 3.05) is 0 Å². The van der Waals surface area contributed by atoms with Crippen LogP contribution in [-0.4, -0.2) is 0 Å². The number of hydrogen-bond donors (Lipinski definition) is 0. The van der Waals surface area contributed by atoms with E-state index in [9.17, 15) is 0 Å². The predicted molar refractivity (Wildman–Crippen MR) is 116 cm³/mol. The molecule has 0 unspecified atom stereocenters. The zero-order valence-corrected chi connectivity index (χ0v) is 16.1. The summed E-state index contributed by atoms with van der Waals surface area (Å²) in [6.07, 6.45) is 0.868. The molecule has 2 heteroatoms. The molecule has 0 nitrogen and oxygen atoms in total. The van der Waals surface area contributed by atoms with Crippen molar-refractivity contribution in [3.05, 3.63) is 106 Å². The van der Waals surface area contributed by atoms with Crippen molar-refractivity contribution in [3.63, 3.8) is 0 Å². The molecule has 0 atom stereocenters. The Hall–Kier alpha value is -2.54. The number of hydrogen-bond acceptors (Lipinski definition) is 0. The summed E-state index contributed by atoms with van der Waals surface area (Å²) in [5.74, 6) is 0. The smallest absolute Gasteiger partial charge is 0.0683 e. The molecule has 0 heterocycles. The van der Waals surface area contributed by atoms with Crippen LogP contribution in [0.4, 0.5) is 0 Å². The van der Waals surface area contributed by atoms with Gasteiger partial charge < -0.3 is 0 Å². The van der Waals surface area contributed by atoms with Crippen molar-refractivity contribution < 1.29 is 0 Å². The van der Waals surface area contributed by atoms with Crippen molar-refractivity contribution in [3.8, 4) is 33.4 Å². The third-order valence-corrected chi connectivity index (χ3v) is 6.12. The predicted octanol–water partition coefficient (Wildman–Crippen LogP) is 7.90. The Balaban J connectivity index is 1.92. The second kappa shape index (κ2) is 6.56. The molecule has 0 fully saturated rings. The Labute approximate surface area is 169 Å². The van der Waals surface area contributed by atoms with E-state index in [-0.39, 0.29) is 0 Å². The summed E-state index contributed by atoms with van der Waals surface area (Å²) >= 11 is 13.7. The summed E-state index contributed by atoms with van der Waals surface area (Å²) in [4.78, 5) is 0. The molecule has 4 aromatic carbocycles. The van der Waals surface area contributed by atoms with Crippen LogP contribution in [0.25, 0.3) is 33.4 Å². The molecular formula is C25H16Cl2. The third-order valence-electron chi connectivity index (χ3n) is 5.26. The van der Waals surface area contributed by atoms with Crippen LogP contribution < -0.4 is 0 Å². The van der Waals surface area contributed by atoms with Gasteiger partial charge in [-0.15, -0.1) is 0 Å². The Morgan fingerprint density at radius 1 is 0.519 bits per heavy atom. The maximum atomic E-state index is 6.90. The highest BCUT2D eigenvalue weighted by atomic mass is 35.5. The van der Waals surface area contributed by atoms with Crippen molar-refractivity contribution >= 4 is 23.2 Å². The number of rotatable bonds is 2. The first kappa shape index (κ1) is 16.6. The van der Waals surface area contributed by atoms with Crippen LogP contribution in [0.15, 0.2) is 84.9 Å². The second-order valence-electron chi connectivity index (χ2n) is 6.80. The SMILES string of the molecule is Clc1c(Cl)c(-c2ccccc2)c(-c2ccccc2)c2c1-c1ccccc1C2. The second-order valence-corrected chi connectivity index (χ2v) is 7.55. The van der Waals surface area contributed by atoms with Crippen LogP contribution in [0.1, 0.15) is 11.1 Å². The topological polar surface area (TPSA) is 0 Å². The standard InChI is InChI=1S/C25H16Cl2/c26-24-22(17-11-5-2-6-12-17)21(16-9-3-1-4-10-16)20-15-18-13-7-8-14-19(18)23(20)25(24)27/h1-14H,15H2. The van der Waals surface area contributed by atoms with Gasteiger partial charge in [0.1, 0.15) is 0 Å². The minimum absolute atomic E-state index is 0.622. The zero-order chi connectivity index (χ0) is 18.4. The summed E-state index contributed by atoms with van der Waals surface area (Å²) < 4.78 is 0. The van der Waals surface area contributed by atoms with E-state index in [1.807, 2.05) is 24.3 Å². The molecule has 0 saturated heterocycles. The average molecular weight is 387 g/mol. The van der Waals surface area contributed by atoms with Gasteiger partial charge in [-0.3, -0.25) is 0 Å². The first-order valence-electron chi connectivity index (χ1n) is 8.98. The van der Waals surface area contributed by atoms with Gasteiger partial charge in [0, 0.05) is 11.1 Å². The lowest BCUT2D eigenvalue weighted by Crippen LogP contribution is -1.95. The Morgan fingerprint density at radius 2 is 1.04 bits per heavy atom. The van der Waals surface area contributed by atoms with Gasteiger partial charge in [-0.1, -0.05) is 108 Å². The number of benzene rings is 4. The Kier molecular flexibility index (Phi) is 4.04. The van der Waals surface area contributed by atoms with E-state index >= 15 is 0 Å². The molecule has 130 valence electrons. The van der Waals surface area contributed by atoms with Gasteiger partial charge in [0.15, 0.2) is 0 Å². The molecule has 1 aliphatic carbocycles. The highest BCUT2D eigenvalue weighted by Crippen LogP contribution is 2.53. The van der Waals surface area contributed by atoms with E-state index in [4.69, 9.17) is 23.2 Å². The Morgan fingerprint density at radius 3 is 1.70 bits per heavy atom. The third kappa shape index (κ3) is 2.60. The summed E-state index contributed by atoms with van der Waals surface area (Å²) in [5.41, 5.74) is 9.28. The maximum Gasteiger partial charge on any atom is 0.0683 e. The van der Waals surface area contributed by atoms with Crippen molar-refractivity contribution in [1.82, 2.24) is 0 Å². The highest BCUT2D eigenvalue weighted by Gasteiger charge is 2.29. The monoisotopic (exact) mass is 386 g/mol. The lowest BCUT2D eigenvalue weighted by molar-refractivity contribution is 1.26. The van der Waals surface area contributed by atoms with E-state index in [1.54, 1.807) is 0 Å². The molecule has 0 radical (unpaired) electrons. The molecule has 1 aliphatic rings. The molecule has 0 amide bonds. The molecule has 0 aliphatic heterocycles. The molecule has 27 heavy (non-hydrogen) atoms. The van der Waals surface area contributed by atoms with Crippen molar-refractivity contribution in [2.45, 2.75) is 6.42 Å². The molecule has 4 aromatic rings. The summed E-state index contributed by atoms with van der Waals surface area (Å²) in [7, 11) is 0. The van der Waals surface area contributed by atoms with E-state index in [1.165, 1.54) is 27.8 Å². The minimum Gasteiger partial charge on any atom is -0.0820 e. The fourth-order valence-electron chi connectivity index (χ4n) is 4.10. The molecule has 0 N–H and O–H groups in total. The number of fused-ring (bicyclic) bond motifs is 3. The average Bonchev–Trinajstić information content (AvgIpc) is 3.11. The van der Waals surface area contributed by atoms with Crippen LogP contribution in [0, 0.1) is 0 Å². The van der Waals surface area contributed by atoms with Gasteiger partial charge >= 0.3 is 0 Å². The van der Waals surface area contributed by atoms with Crippen LogP contribution in [0.3, 0.4) is 0 Å². The van der Waals surface area contributed by atoms with E-state index in [0.717, 1.165) is 23.1 Å². The fourth-order valence-corrected chi connectivity index (χ4v) is 4.71. The lowest BCUT2D eigenvalue weighted by atomic mass is 9.87. The van der Waals surface area contributed by atoms with E-state index in [2.05, 4.69) is 60.7 Å². The van der Waals surface area contributed by atoms with Gasteiger partial charge in [0.05, 0.1) is 10.0 Å². The minimum atomic E-state index is 0.622. The zero-order valence-electron chi connectivity index (χ0n) is 14.5. The molecule has 0 saturated carbocycles. The van der Waals surface area contributed by atoms with Crippen LogP contribution in [-0.2, 0) is 6.42 Å².